The quantitative estimate of drug-likeness (QED) is 0.453. The fraction of sp³-hybridized carbons (Fsp3) is 0.462. The third-order valence-corrected chi connectivity index (χ3v) is 6.70. The Bertz CT molecular complexity index is 1030. The summed E-state index contributed by atoms with van der Waals surface area (Å²) in [6, 6.07) is 10.5. The van der Waals surface area contributed by atoms with Gasteiger partial charge in [0.05, 0.1) is 12.1 Å². The Labute approximate surface area is 208 Å². The summed E-state index contributed by atoms with van der Waals surface area (Å²) < 4.78 is 37.7. The van der Waals surface area contributed by atoms with E-state index in [0.717, 1.165) is 31.2 Å². The van der Waals surface area contributed by atoms with Crippen LogP contribution in [-0.4, -0.2) is 42.7 Å². The topological polar surface area (TPSA) is 84.9 Å². The van der Waals surface area contributed by atoms with Gasteiger partial charge in [-0.1, -0.05) is 24.6 Å². The molecule has 0 heterocycles. The summed E-state index contributed by atoms with van der Waals surface area (Å²) in [6.45, 7) is 1.99. The minimum atomic E-state index is -2.68. The maximum absolute atomic E-state index is 13.3. The van der Waals surface area contributed by atoms with Crippen LogP contribution in [-0.2, 0) is 4.79 Å². The lowest BCUT2D eigenvalue weighted by Gasteiger charge is -2.35. The summed E-state index contributed by atoms with van der Waals surface area (Å²) in [6.07, 6.45) is 3.01. The van der Waals surface area contributed by atoms with Crippen molar-refractivity contribution in [2.75, 3.05) is 7.11 Å². The van der Waals surface area contributed by atoms with Gasteiger partial charge in [-0.2, -0.15) is 0 Å². The summed E-state index contributed by atoms with van der Waals surface area (Å²) in [5.74, 6) is -1.14. The second-order valence-electron chi connectivity index (χ2n) is 9.10. The van der Waals surface area contributed by atoms with E-state index in [9.17, 15) is 13.6 Å². The molecular weight excluding hydrogens is 480 g/mol. The Kier molecular flexibility index (Phi) is 8.94. The molecule has 2 aliphatic carbocycles. The summed E-state index contributed by atoms with van der Waals surface area (Å²) in [5, 5.41) is 10.4. The van der Waals surface area contributed by atoms with E-state index in [-0.39, 0.29) is 31.3 Å². The SMILES string of the molecule is COc1ccc(-c2cc(C(=O)NC3CCC(C)CC3)ccc2OC2CC(F)(F)C2)cc1Cl.O=CO. The highest BCUT2D eigenvalue weighted by Gasteiger charge is 2.47. The molecule has 0 atom stereocenters. The van der Waals surface area contributed by atoms with Crippen molar-refractivity contribution in [1.82, 2.24) is 5.32 Å². The average molecular weight is 510 g/mol. The first-order valence-electron chi connectivity index (χ1n) is 11.6. The van der Waals surface area contributed by atoms with Gasteiger partial charge in [0, 0.05) is 30.0 Å². The minimum absolute atomic E-state index is 0.146. The van der Waals surface area contributed by atoms with E-state index < -0.39 is 12.0 Å². The second-order valence-corrected chi connectivity index (χ2v) is 9.51. The predicted molar refractivity (Wildman–Crippen MR) is 130 cm³/mol. The molecule has 2 saturated carbocycles. The number of methoxy groups -OCH3 is 1. The highest BCUT2D eigenvalue weighted by atomic mass is 35.5. The molecule has 6 nitrogen and oxygen atoms in total. The van der Waals surface area contributed by atoms with Crippen LogP contribution in [0.3, 0.4) is 0 Å². The number of halogens is 3. The smallest absolute Gasteiger partial charge is 0.290 e. The zero-order valence-electron chi connectivity index (χ0n) is 19.7. The number of hydrogen-bond acceptors (Lipinski definition) is 4. The molecule has 35 heavy (non-hydrogen) atoms. The van der Waals surface area contributed by atoms with E-state index in [4.69, 9.17) is 31.0 Å². The van der Waals surface area contributed by atoms with Crippen LogP contribution >= 0.6 is 11.6 Å². The van der Waals surface area contributed by atoms with Crippen LogP contribution in [0.25, 0.3) is 11.1 Å². The monoisotopic (exact) mass is 509 g/mol. The van der Waals surface area contributed by atoms with E-state index in [2.05, 4.69) is 12.2 Å². The molecule has 4 rings (SSSR count). The van der Waals surface area contributed by atoms with Gasteiger partial charge in [0.1, 0.15) is 17.6 Å². The van der Waals surface area contributed by atoms with Gasteiger partial charge in [0.25, 0.3) is 18.3 Å². The highest BCUT2D eigenvalue weighted by Crippen LogP contribution is 2.42. The molecule has 190 valence electrons. The Morgan fingerprint density at radius 2 is 1.74 bits per heavy atom. The molecular formula is C26H30ClF2NO5. The van der Waals surface area contributed by atoms with Crippen LogP contribution in [0.1, 0.15) is 55.8 Å². The summed E-state index contributed by atoms with van der Waals surface area (Å²) in [7, 11) is 1.53. The number of ether oxygens (including phenoxy) is 2. The molecule has 2 aromatic carbocycles. The van der Waals surface area contributed by atoms with E-state index >= 15 is 0 Å². The molecule has 0 spiro atoms. The summed E-state index contributed by atoms with van der Waals surface area (Å²) in [5.41, 5.74) is 1.85. The molecule has 2 N–H and O–H groups in total. The molecule has 0 unspecified atom stereocenters. The zero-order chi connectivity index (χ0) is 25.6. The van der Waals surface area contributed by atoms with Crippen LogP contribution in [0.2, 0.25) is 5.02 Å². The third kappa shape index (κ3) is 7.07. The molecule has 0 aliphatic heterocycles. The molecule has 2 aromatic rings. The number of nitrogens with one attached hydrogen (secondary N) is 1. The maximum Gasteiger partial charge on any atom is 0.290 e. The number of rotatable bonds is 6. The highest BCUT2D eigenvalue weighted by molar-refractivity contribution is 6.32. The molecule has 2 aliphatic rings. The van der Waals surface area contributed by atoms with Crippen molar-refractivity contribution >= 4 is 24.0 Å². The lowest BCUT2D eigenvalue weighted by molar-refractivity contribution is -0.134. The van der Waals surface area contributed by atoms with Gasteiger partial charge < -0.3 is 19.9 Å². The van der Waals surface area contributed by atoms with Crippen molar-refractivity contribution in [1.29, 1.82) is 0 Å². The van der Waals surface area contributed by atoms with Crippen LogP contribution in [0.5, 0.6) is 11.5 Å². The molecule has 0 bridgehead atoms. The fourth-order valence-corrected chi connectivity index (χ4v) is 4.63. The van der Waals surface area contributed by atoms with Crippen molar-refractivity contribution in [2.24, 2.45) is 5.92 Å². The van der Waals surface area contributed by atoms with Gasteiger partial charge in [-0.15, -0.1) is 0 Å². The van der Waals surface area contributed by atoms with Gasteiger partial charge in [-0.25, -0.2) is 8.78 Å². The number of carbonyl (C=O) groups excluding carboxylic acids is 1. The van der Waals surface area contributed by atoms with Gasteiger partial charge in [0.2, 0.25) is 0 Å². The summed E-state index contributed by atoms with van der Waals surface area (Å²) >= 11 is 6.31. The molecule has 0 aromatic heterocycles. The fourth-order valence-electron chi connectivity index (χ4n) is 4.38. The number of carbonyl (C=O) groups is 2. The predicted octanol–water partition coefficient (Wildman–Crippen LogP) is 6.20. The van der Waals surface area contributed by atoms with E-state index in [0.29, 0.717) is 33.6 Å². The Morgan fingerprint density at radius 1 is 1.11 bits per heavy atom. The Hall–Kier alpha value is -2.87. The van der Waals surface area contributed by atoms with Crippen LogP contribution in [0.4, 0.5) is 8.78 Å². The van der Waals surface area contributed by atoms with Crippen LogP contribution in [0, 0.1) is 5.92 Å². The number of amides is 1. The molecule has 0 saturated heterocycles. The third-order valence-electron chi connectivity index (χ3n) is 6.40. The van der Waals surface area contributed by atoms with Gasteiger partial charge in [-0.3, -0.25) is 9.59 Å². The van der Waals surface area contributed by atoms with Crippen LogP contribution in [0.15, 0.2) is 36.4 Å². The molecule has 2 fully saturated rings. The first-order chi connectivity index (χ1) is 16.7. The molecule has 9 heteroatoms. The number of hydrogen-bond donors (Lipinski definition) is 2. The zero-order valence-corrected chi connectivity index (χ0v) is 20.5. The lowest BCUT2D eigenvalue weighted by Crippen LogP contribution is -2.43. The lowest BCUT2D eigenvalue weighted by atomic mass is 9.87. The minimum Gasteiger partial charge on any atom is -0.495 e. The average Bonchev–Trinajstić information content (AvgIpc) is 2.80. The van der Waals surface area contributed by atoms with Crippen molar-refractivity contribution < 1.29 is 33.0 Å². The van der Waals surface area contributed by atoms with E-state index in [1.807, 2.05) is 6.07 Å². The standard InChI is InChI=1S/C25H28ClF2NO3.CH2O2/c1-15-3-7-18(8-4-15)29-24(30)17-6-9-22(32-19-13-25(27,28)14-19)20(11-17)16-5-10-23(31-2)21(26)12-16;2-1-3/h5-6,9-12,15,18-19H,3-4,7-8,13-14H2,1-2H3,(H,29,30);1H,(H,2,3). The second kappa shape index (κ2) is 11.7. The first-order valence-corrected chi connectivity index (χ1v) is 11.9. The van der Waals surface area contributed by atoms with Gasteiger partial charge in [0.15, 0.2) is 0 Å². The normalized spacial score (nSPS) is 21.1. The van der Waals surface area contributed by atoms with Crippen LogP contribution < -0.4 is 14.8 Å². The maximum atomic E-state index is 13.3. The Morgan fingerprint density at radius 3 is 2.31 bits per heavy atom. The van der Waals surface area contributed by atoms with E-state index in [1.54, 1.807) is 30.3 Å². The molecule has 1 amide bonds. The Balaban J connectivity index is 0.00000108. The number of carboxylic acid groups (broad SMARTS) is 1. The van der Waals surface area contributed by atoms with Gasteiger partial charge >= 0.3 is 0 Å². The number of alkyl halides is 2. The van der Waals surface area contributed by atoms with Crippen molar-refractivity contribution in [2.45, 2.75) is 63.5 Å². The van der Waals surface area contributed by atoms with E-state index in [1.165, 1.54) is 7.11 Å². The van der Waals surface area contributed by atoms with Gasteiger partial charge in [-0.05, 0) is 67.5 Å². The van der Waals surface area contributed by atoms with Crippen molar-refractivity contribution in [3.8, 4) is 22.6 Å². The molecule has 0 radical (unpaired) electrons. The largest absolute Gasteiger partial charge is 0.495 e. The van der Waals surface area contributed by atoms with Crippen molar-refractivity contribution in [3.05, 3.63) is 47.0 Å². The van der Waals surface area contributed by atoms with Crippen molar-refractivity contribution in [3.63, 3.8) is 0 Å². The first kappa shape index (κ1) is 26.7. The summed E-state index contributed by atoms with van der Waals surface area (Å²) in [4.78, 5) is 21.3. The number of benzene rings is 2.